The average molecular weight is 327 g/mol. The van der Waals surface area contributed by atoms with Crippen LogP contribution < -0.4 is 5.32 Å². The van der Waals surface area contributed by atoms with Crippen molar-refractivity contribution in [1.29, 1.82) is 0 Å². The maximum Gasteiger partial charge on any atom is 0.239 e. The summed E-state index contributed by atoms with van der Waals surface area (Å²) in [7, 11) is 2.02. The molecule has 3 atom stereocenters. The van der Waals surface area contributed by atoms with E-state index in [0.717, 1.165) is 32.4 Å². The van der Waals surface area contributed by atoms with Crippen LogP contribution >= 0.6 is 0 Å². The third-order valence-corrected chi connectivity index (χ3v) is 6.41. The van der Waals surface area contributed by atoms with Crippen molar-refractivity contribution in [3.05, 3.63) is 35.4 Å². The molecule has 1 amide bonds. The number of rotatable bonds is 3. The number of hydrogen-bond acceptors (Lipinski definition) is 3. The number of amides is 1. The number of nitrogens with one attached hydrogen (secondary N) is 1. The van der Waals surface area contributed by atoms with Gasteiger partial charge in [0.15, 0.2) is 0 Å². The summed E-state index contributed by atoms with van der Waals surface area (Å²) >= 11 is 0. The summed E-state index contributed by atoms with van der Waals surface area (Å²) < 4.78 is 0. The Morgan fingerprint density at radius 3 is 2.58 bits per heavy atom. The van der Waals surface area contributed by atoms with Gasteiger partial charge < -0.3 is 10.2 Å². The van der Waals surface area contributed by atoms with Crippen LogP contribution in [-0.4, -0.2) is 53.5 Å². The summed E-state index contributed by atoms with van der Waals surface area (Å²) in [6.45, 7) is 3.96. The fourth-order valence-corrected chi connectivity index (χ4v) is 4.82. The Labute approximate surface area is 145 Å². The van der Waals surface area contributed by atoms with E-state index >= 15 is 0 Å². The Bertz CT molecular complexity index is 605. The molecule has 3 aliphatic heterocycles. The Morgan fingerprint density at radius 2 is 1.88 bits per heavy atom. The summed E-state index contributed by atoms with van der Waals surface area (Å²) in [6, 6.07) is 10.3. The number of piperidine rings is 1. The molecule has 4 rings (SSSR count). The highest BCUT2D eigenvalue weighted by molar-refractivity contribution is 5.81. The minimum Gasteiger partial charge on any atom is -0.341 e. The maximum atomic E-state index is 13.1. The number of carbonyl (C=O) groups is 1. The first-order chi connectivity index (χ1) is 11.6. The standard InChI is InChI=1S/C20H29N3O/c1-14(23-10-9-15-5-3-4-6-16(15)13-23)20(24)22(2)19-11-17-7-8-18(12-19)21-17/h3-6,14,17-19,21H,7-13H2,1-2H3. The predicted molar refractivity (Wildman–Crippen MR) is 95.8 cm³/mol. The van der Waals surface area contributed by atoms with Crippen molar-refractivity contribution < 1.29 is 4.79 Å². The van der Waals surface area contributed by atoms with Crippen molar-refractivity contribution in [1.82, 2.24) is 15.1 Å². The van der Waals surface area contributed by atoms with Crippen LogP contribution in [0, 0.1) is 0 Å². The molecule has 0 saturated carbocycles. The summed E-state index contributed by atoms with van der Waals surface area (Å²) in [5.74, 6) is 0.292. The van der Waals surface area contributed by atoms with Crippen LogP contribution in [0.5, 0.6) is 0 Å². The van der Waals surface area contributed by atoms with Gasteiger partial charge in [-0.25, -0.2) is 0 Å². The van der Waals surface area contributed by atoms with Crippen LogP contribution in [0.1, 0.15) is 43.7 Å². The lowest BCUT2D eigenvalue weighted by atomic mass is 9.96. The highest BCUT2D eigenvalue weighted by atomic mass is 16.2. The summed E-state index contributed by atoms with van der Waals surface area (Å²) in [5, 5.41) is 3.67. The lowest BCUT2D eigenvalue weighted by Gasteiger charge is -2.39. The van der Waals surface area contributed by atoms with E-state index in [1.54, 1.807) is 0 Å². The van der Waals surface area contributed by atoms with Crippen LogP contribution in [0.25, 0.3) is 0 Å². The average Bonchev–Trinajstić information content (AvgIpc) is 2.97. The van der Waals surface area contributed by atoms with E-state index in [1.165, 1.54) is 24.0 Å². The minimum atomic E-state index is -0.0316. The second kappa shape index (κ2) is 6.49. The van der Waals surface area contributed by atoms with Crippen LogP contribution in [-0.2, 0) is 17.8 Å². The Kier molecular flexibility index (Phi) is 4.35. The minimum absolute atomic E-state index is 0.0316. The summed E-state index contributed by atoms with van der Waals surface area (Å²) in [5.41, 5.74) is 2.82. The Morgan fingerprint density at radius 1 is 1.21 bits per heavy atom. The number of fused-ring (bicyclic) bond motifs is 3. The molecule has 4 nitrogen and oxygen atoms in total. The highest BCUT2D eigenvalue weighted by Gasteiger charge is 2.38. The van der Waals surface area contributed by atoms with E-state index in [1.807, 2.05) is 7.05 Å². The van der Waals surface area contributed by atoms with Gasteiger partial charge in [-0.05, 0) is 50.2 Å². The van der Waals surface area contributed by atoms with Gasteiger partial charge in [0.2, 0.25) is 5.91 Å². The number of benzene rings is 1. The molecule has 130 valence electrons. The fourth-order valence-electron chi connectivity index (χ4n) is 4.82. The van der Waals surface area contributed by atoms with Crippen molar-refractivity contribution in [2.75, 3.05) is 13.6 Å². The largest absolute Gasteiger partial charge is 0.341 e. The monoisotopic (exact) mass is 327 g/mol. The zero-order valence-electron chi connectivity index (χ0n) is 14.9. The molecule has 3 heterocycles. The molecule has 1 aromatic rings. The molecule has 0 spiro atoms. The van der Waals surface area contributed by atoms with E-state index < -0.39 is 0 Å². The summed E-state index contributed by atoms with van der Waals surface area (Å²) in [6.07, 6.45) is 5.85. The molecule has 2 fully saturated rings. The second-order valence-corrected chi connectivity index (χ2v) is 7.88. The van der Waals surface area contributed by atoms with E-state index in [0.29, 0.717) is 24.0 Å². The molecule has 24 heavy (non-hydrogen) atoms. The van der Waals surface area contributed by atoms with Crippen LogP contribution in [0.2, 0.25) is 0 Å². The zero-order chi connectivity index (χ0) is 16.7. The van der Waals surface area contributed by atoms with Gasteiger partial charge in [-0.3, -0.25) is 9.69 Å². The fraction of sp³-hybridized carbons (Fsp3) is 0.650. The normalized spacial score (nSPS) is 30.7. The second-order valence-electron chi connectivity index (χ2n) is 7.88. The molecular weight excluding hydrogens is 298 g/mol. The number of likely N-dealkylation sites (N-methyl/N-ethyl adjacent to an activating group) is 1. The molecule has 0 aliphatic carbocycles. The van der Waals surface area contributed by atoms with Gasteiger partial charge in [0.1, 0.15) is 0 Å². The first kappa shape index (κ1) is 16.1. The van der Waals surface area contributed by atoms with Crippen molar-refractivity contribution in [2.24, 2.45) is 0 Å². The topological polar surface area (TPSA) is 35.6 Å². The molecule has 2 saturated heterocycles. The van der Waals surface area contributed by atoms with E-state index in [2.05, 4.69) is 46.3 Å². The Balaban J connectivity index is 1.41. The molecule has 2 bridgehead atoms. The molecule has 3 aliphatic rings. The predicted octanol–water partition coefficient (Wildman–Crippen LogP) is 2.17. The molecule has 1 aromatic carbocycles. The molecule has 3 unspecified atom stereocenters. The zero-order valence-corrected chi connectivity index (χ0v) is 14.9. The van der Waals surface area contributed by atoms with Crippen LogP contribution in [0.3, 0.4) is 0 Å². The molecular formula is C20H29N3O. The van der Waals surface area contributed by atoms with E-state index in [4.69, 9.17) is 0 Å². The number of carbonyl (C=O) groups excluding carboxylic acids is 1. The lowest BCUT2D eigenvalue weighted by molar-refractivity contribution is -0.138. The SMILES string of the molecule is CC(C(=O)N(C)C1CC2CCC(C1)N2)N1CCc2ccccc2C1. The van der Waals surface area contributed by atoms with Gasteiger partial charge in [-0.1, -0.05) is 24.3 Å². The number of hydrogen-bond donors (Lipinski definition) is 1. The van der Waals surface area contributed by atoms with Crippen LogP contribution in [0.4, 0.5) is 0 Å². The van der Waals surface area contributed by atoms with Gasteiger partial charge in [-0.15, -0.1) is 0 Å². The Hall–Kier alpha value is -1.39. The van der Waals surface area contributed by atoms with Crippen molar-refractivity contribution in [3.8, 4) is 0 Å². The first-order valence-corrected chi connectivity index (χ1v) is 9.45. The van der Waals surface area contributed by atoms with E-state index in [-0.39, 0.29) is 6.04 Å². The van der Waals surface area contributed by atoms with Crippen molar-refractivity contribution in [2.45, 2.75) is 69.7 Å². The quantitative estimate of drug-likeness (QED) is 0.924. The molecule has 0 radical (unpaired) electrons. The first-order valence-electron chi connectivity index (χ1n) is 9.45. The van der Waals surface area contributed by atoms with Gasteiger partial charge in [-0.2, -0.15) is 0 Å². The van der Waals surface area contributed by atoms with Crippen molar-refractivity contribution >= 4 is 5.91 Å². The summed E-state index contributed by atoms with van der Waals surface area (Å²) in [4.78, 5) is 17.4. The third kappa shape index (κ3) is 2.98. The van der Waals surface area contributed by atoms with Gasteiger partial charge in [0, 0.05) is 38.3 Å². The number of nitrogens with zero attached hydrogens (tertiary/aromatic N) is 2. The smallest absolute Gasteiger partial charge is 0.239 e. The van der Waals surface area contributed by atoms with Crippen LogP contribution in [0.15, 0.2) is 24.3 Å². The molecule has 1 N–H and O–H groups in total. The maximum absolute atomic E-state index is 13.1. The lowest BCUT2D eigenvalue weighted by Crippen LogP contribution is -2.54. The molecule has 0 aromatic heterocycles. The van der Waals surface area contributed by atoms with Gasteiger partial charge >= 0.3 is 0 Å². The van der Waals surface area contributed by atoms with E-state index in [9.17, 15) is 4.79 Å². The highest BCUT2D eigenvalue weighted by Crippen LogP contribution is 2.30. The van der Waals surface area contributed by atoms with Crippen molar-refractivity contribution in [3.63, 3.8) is 0 Å². The van der Waals surface area contributed by atoms with Gasteiger partial charge in [0.25, 0.3) is 0 Å². The van der Waals surface area contributed by atoms with Gasteiger partial charge in [0.05, 0.1) is 6.04 Å². The molecule has 4 heteroatoms. The third-order valence-electron chi connectivity index (χ3n) is 6.41.